The van der Waals surface area contributed by atoms with Crippen LogP contribution in [-0.2, 0) is 14.6 Å². The molecule has 0 radical (unpaired) electrons. The number of halogens is 1. The molecule has 0 aromatic heterocycles. The van der Waals surface area contributed by atoms with Crippen LogP contribution in [0.1, 0.15) is 19.4 Å². The van der Waals surface area contributed by atoms with Gasteiger partial charge < -0.3 is 4.90 Å². The predicted molar refractivity (Wildman–Crippen MR) is 87.0 cm³/mol. The van der Waals surface area contributed by atoms with E-state index < -0.39 is 9.84 Å². The van der Waals surface area contributed by atoms with Gasteiger partial charge in [-0.05, 0) is 30.7 Å². The fraction of sp³-hybridized carbons (Fsp3) is 0.400. The molecule has 1 aromatic carbocycles. The molecule has 0 aliphatic rings. The quantitative estimate of drug-likeness (QED) is 0.754. The minimum Gasteiger partial charge on any atom is -0.338 e. The lowest BCUT2D eigenvalue weighted by Gasteiger charge is -2.23. The lowest BCUT2D eigenvalue weighted by molar-refractivity contribution is -0.126. The number of amides is 1. The van der Waals surface area contributed by atoms with E-state index >= 15 is 0 Å². The SMILES string of the molecule is CCS(=O)(=O)CC(C)N(C)C(=O)/C=C/c1ccc(Cl)cc1. The summed E-state index contributed by atoms with van der Waals surface area (Å²) in [5.41, 5.74) is 0.856. The predicted octanol–water partition coefficient (Wildman–Crippen LogP) is 2.63. The number of rotatable bonds is 6. The van der Waals surface area contributed by atoms with E-state index in [9.17, 15) is 13.2 Å². The van der Waals surface area contributed by atoms with Crippen LogP contribution in [-0.4, -0.2) is 43.8 Å². The summed E-state index contributed by atoms with van der Waals surface area (Å²) in [7, 11) is -1.50. The van der Waals surface area contributed by atoms with Gasteiger partial charge in [0.25, 0.3) is 0 Å². The summed E-state index contributed by atoms with van der Waals surface area (Å²) < 4.78 is 23.2. The molecule has 1 unspecified atom stereocenters. The van der Waals surface area contributed by atoms with Crippen LogP contribution in [0.25, 0.3) is 6.08 Å². The van der Waals surface area contributed by atoms with Crippen LogP contribution in [0.5, 0.6) is 0 Å². The third-order valence-corrected chi connectivity index (χ3v) is 5.35. The van der Waals surface area contributed by atoms with Crippen molar-refractivity contribution in [1.29, 1.82) is 0 Å². The van der Waals surface area contributed by atoms with E-state index in [1.807, 2.05) is 0 Å². The maximum absolute atomic E-state index is 12.0. The number of carbonyl (C=O) groups excluding carboxylic acids is 1. The van der Waals surface area contributed by atoms with Crippen molar-refractivity contribution in [2.75, 3.05) is 18.6 Å². The van der Waals surface area contributed by atoms with Crippen molar-refractivity contribution in [3.63, 3.8) is 0 Å². The van der Waals surface area contributed by atoms with Crippen LogP contribution in [0, 0.1) is 0 Å². The molecular weight excluding hydrogens is 310 g/mol. The van der Waals surface area contributed by atoms with Crippen molar-refractivity contribution >= 4 is 33.4 Å². The number of hydrogen-bond donors (Lipinski definition) is 0. The van der Waals surface area contributed by atoms with Gasteiger partial charge >= 0.3 is 0 Å². The second-order valence-electron chi connectivity index (χ2n) is 4.88. The second kappa shape index (κ2) is 7.61. The first kappa shape index (κ1) is 17.7. The van der Waals surface area contributed by atoms with Crippen LogP contribution in [0.2, 0.25) is 5.02 Å². The summed E-state index contributed by atoms with van der Waals surface area (Å²) in [4.78, 5) is 13.4. The smallest absolute Gasteiger partial charge is 0.246 e. The molecule has 116 valence electrons. The van der Waals surface area contributed by atoms with Crippen LogP contribution >= 0.6 is 11.6 Å². The lowest BCUT2D eigenvalue weighted by Crippen LogP contribution is -2.38. The molecule has 0 N–H and O–H groups in total. The zero-order valence-corrected chi connectivity index (χ0v) is 14.0. The fourth-order valence-electron chi connectivity index (χ4n) is 1.67. The Kier molecular flexibility index (Phi) is 6.42. The van der Waals surface area contributed by atoms with Gasteiger partial charge in [-0.3, -0.25) is 4.79 Å². The van der Waals surface area contributed by atoms with E-state index in [1.165, 1.54) is 11.0 Å². The number of benzene rings is 1. The minimum absolute atomic E-state index is 0.0273. The molecule has 1 amide bonds. The van der Waals surface area contributed by atoms with E-state index in [1.54, 1.807) is 51.2 Å². The minimum atomic E-state index is -3.10. The molecule has 6 heteroatoms. The summed E-state index contributed by atoms with van der Waals surface area (Å²) in [6.07, 6.45) is 3.11. The van der Waals surface area contributed by atoms with Gasteiger partial charge in [-0.25, -0.2) is 8.42 Å². The highest BCUT2D eigenvalue weighted by Crippen LogP contribution is 2.11. The fourth-order valence-corrected chi connectivity index (χ4v) is 2.99. The maximum atomic E-state index is 12.0. The Morgan fingerprint density at radius 2 is 1.90 bits per heavy atom. The number of hydrogen-bond acceptors (Lipinski definition) is 3. The van der Waals surface area contributed by atoms with Crippen molar-refractivity contribution in [3.8, 4) is 0 Å². The van der Waals surface area contributed by atoms with Crippen LogP contribution in [0.15, 0.2) is 30.3 Å². The number of likely N-dealkylation sites (N-methyl/N-ethyl adjacent to an activating group) is 1. The third kappa shape index (κ3) is 5.89. The first-order valence-electron chi connectivity index (χ1n) is 6.66. The molecule has 0 fully saturated rings. The van der Waals surface area contributed by atoms with Crippen LogP contribution in [0.3, 0.4) is 0 Å². The molecule has 1 atom stereocenters. The highest BCUT2D eigenvalue weighted by atomic mass is 35.5. The average molecular weight is 330 g/mol. The molecule has 0 heterocycles. The molecule has 0 saturated heterocycles. The van der Waals surface area contributed by atoms with Gasteiger partial charge in [0.15, 0.2) is 9.84 Å². The number of nitrogens with zero attached hydrogens (tertiary/aromatic N) is 1. The molecule has 0 saturated carbocycles. The van der Waals surface area contributed by atoms with Crippen molar-refractivity contribution in [1.82, 2.24) is 4.90 Å². The first-order chi connectivity index (χ1) is 9.75. The molecule has 0 aliphatic carbocycles. The third-order valence-electron chi connectivity index (χ3n) is 3.23. The van der Waals surface area contributed by atoms with E-state index in [-0.39, 0.29) is 23.5 Å². The first-order valence-corrected chi connectivity index (χ1v) is 8.86. The zero-order chi connectivity index (χ0) is 16.0. The van der Waals surface area contributed by atoms with Gasteiger partial charge in [-0.15, -0.1) is 0 Å². The standard InChI is InChI=1S/C15H20ClNO3S/c1-4-21(19,20)11-12(2)17(3)15(18)10-7-13-5-8-14(16)9-6-13/h5-10,12H,4,11H2,1-3H3/b10-7+. The van der Waals surface area contributed by atoms with Gasteiger partial charge in [0, 0.05) is 29.9 Å². The Morgan fingerprint density at radius 1 is 1.33 bits per heavy atom. The Bertz CT molecular complexity index is 608. The van der Waals surface area contributed by atoms with Gasteiger partial charge in [0.1, 0.15) is 0 Å². The molecule has 0 spiro atoms. The molecule has 0 bridgehead atoms. The largest absolute Gasteiger partial charge is 0.338 e. The van der Waals surface area contributed by atoms with Crippen molar-refractivity contribution in [3.05, 3.63) is 40.9 Å². The highest BCUT2D eigenvalue weighted by Gasteiger charge is 2.19. The maximum Gasteiger partial charge on any atom is 0.246 e. The van der Waals surface area contributed by atoms with Crippen LogP contribution in [0.4, 0.5) is 0 Å². The lowest BCUT2D eigenvalue weighted by atomic mass is 10.2. The zero-order valence-electron chi connectivity index (χ0n) is 12.4. The molecule has 1 aromatic rings. The molecule has 1 rings (SSSR count). The van der Waals surface area contributed by atoms with E-state index in [0.29, 0.717) is 5.02 Å². The highest BCUT2D eigenvalue weighted by molar-refractivity contribution is 7.91. The van der Waals surface area contributed by atoms with Crippen molar-refractivity contribution in [2.24, 2.45) is 0 Å². The van der Waals surface area contributed by atoms with Gasteiger partial charge in [0.2, 0.25) is 5.91 Å². The van der Waals surface area contributed by atoms with Gasteiger partial charge in [-0.1, -0.05) is 30.7 Å². The Morgan fingerprint density at radius 3 is 2.43 bits per heavy atom. The normalized spacial score (nSPS) is 13.3. The molecule has 4 nitrogen and oxygen atoms in total. The topological polar surface area (TPSA) is 54.5 Å². The molecule has 0 aliphatic heterocycles. The van der Waals surface area contributed by atoms with E-state index in [0.717, 1.165) is 5.56 Å². The second-order valence-corrected chi connectivity index (χ2v) is 7.72. The Balaban J connectivity index is 2.68. The van der Waals surface area contributed by atoms with E-state index in [2.05, 4.69) is 0 Å². The van der Waals surface area contributed by atoms with Crippen molar-refractivity contribution < 1.29 is 13.2 Å². The number of sulfone groups is 1. The summed E-state index contributed by atoms with van der Waals surface area (Å²) in [6.45, 7) is 3.32. The molecule has 21 heavy (non-hydrogen) atoms. The Labute approximate surface area is 131 Å². The summed E-state index contributed by atoms with van der Waals surface area (Å²) in [5, 5.41) is 0.633. The average Bonchev–Trinajstić information content (AvgIpc) is 2.45. The number of carbonyl (C=O) groups is 1. The Hall–Kier alpha value is -1.33. The van der Waals surface area contributed by atoms with Gasteiger partial charge in [-0.2, -0.15) is 0 Å². The van der Waals surface area contributed by atoms with E-state index in [4.69, 9.17) is 11.6 Å². The summed E-state index contributed by atoms with van der Waals surface area (Å²) in [6, 6.07) is 6.73. The summed E-state index contributed by atoms with van der Waals surface area (Å²) >= 11 is 5.79. The van der Waals surface area contributed by atoms with Gasteiger partial charge in [0.05, 0.1) is 5.75 Å². The monoisotopic (exact) mass is 329 g/mol. The van der Waals surface area contributed by atoms with Crippen molar-refractivity contribution in [2.45, 2.75) is 19.9 Å². The van der Waals surface area contributed by atoms with Crippen LogP contribution < -0.4 is 0 Å². The summed E-state index contributed by atoms with van der Waals surface area (Å²) in [5.74, 6) is -0.177. The molecular formula is C15H20ClNO3S.